The standard InChI is InChI=1S/C28H28N2O5/c1-3-18(15-26(31)32)29-27(33)23-14-17(2)12-13-25(23)30-28(34)35-16-24-21-10-6-4-8-19(21)20-9-5-7-11-22(20)24/h4-14,18,24H,3,15-16H2,1-2H3,(H,29,33)(H,30,34)(H,31,32)/t18-/m0/s1. The maximum absolute atomic E-state index is 12.9. The van der Waals surface area contributed by atoms with E-state index in [0.717, 1.165) is 27.8 Å². The number of hydrogen-bond acceptors (Lipinski definition) is 4. The van der Waals surface area contributed by atoms with E-state index in [1.807, 2.05) is 43.3 Å². The Balaban J connectivity index is 1.46. The highest BCUT2D eigenvalue weighted by Crippen LogP contribution is 2.44. The van der Waals surface area contributed by atoms with Crippen LogP contribution in [0.3, 0.4) is 0 Å². The van der Waals surface area contributed by atoms with Gasteiger partial charge in [0.25, 0.3) is 5.91 Å². The number of nitrogens with one attached hydrogen (secondary N) is 2. The highest BCUT2D eigenvalue weighted by molar-refractivity contribution is 6.03. The highest BCUT2D eigenvalue weighted by atomic mass is 16.5. The number of carboxylic acids is 1. The first kappa shape index (κ1) is 24.0. The quantitative estimate of drug-likeness (QED) is 0.411. The molecule has 3 aromatic carbocycles. The van der Waals surface area contributed by atoms with E-state index in [0.29, 0.717) is 12.1 Å². The SMILES string of the molecule is CC[C@@H](CC(=O)O)NC(=O)c1cc(C)ccc1NC(=O)OCC1c2ccccc2-c2ccccc21. The molecule has 4 rings (SSSR count). The van der Waals surface area contributed by atoms with Gasteiger partial charge in [0.2, 0.25) is 0 Å². The summed E-state index contributed by atoms with van der Waals surface area (Å²) in [6, 6.07) is 20.7. The van der Waals surface area contributed by atoms with E-state index < -0.39 is 24.0 Å². The number of benzene rings is 3. The van der Waals surface area contributed by atoms with Gasteiger partial charge in [-0.2, -0.15) is 0 Å². The Hall–Kier alpha value is -4.13. The molecule has 0 aliphatic heterocycles. The van der Waals surface area contributed by atoms with Gasteiger partial charge in [0.15, 0.2) is 0 Å². The number of carbonyl (C=O) groups is 3. The lowest BCUT2D eigenvalue weighted by atomic mass is 9.98. The number of aryl methyl sites for hydroxylation is 1. The number of carbonyl (C=O) groups excluding carboxylic acids is 2. The Morgan fingerprint density at radius 1 is 0.971 bits per heavy atom. The van der Waals surface area contributed by atoms with Crippen LogP contribution in [0.15, 0.2) is 66.7 Å². The third-order valence-electron chi connectivity index (χ3n) is 6.25. The molecular weight excluding hydrogens is 444 g/mol. The van der Waals surface area contributed by atoms with Crippen molar-refractivity contribution in [3.05, 3.63) is 89.0 Å². The van der Waals surface area contributed by atoms with E-state index in [1.165, 1.54) is 0 Å². The van der Waals surface area contributed by atoms with Crippen molar-refractivity contribution < 1.29 is 24.2 Å². The minimum absolute atomic E-state index is 0.0738. The lowest BCUT2D eigenvalue weighted by molar-refractivity contribution is -0.137. The van der Waals surface area contributed by atoms with Gasteiger partial charge in [-0.15, -0.1) is 0 Å². The average molecular weight is 473 g/mol. The largest absolute Gasteiger partial charge is 0.481 e. The molecule has 0 aromatic heterocycles. The molecule has 0 saturated carbocycles. The third-order valence-corrected chi connectivity index (χ3v) is 6.25. The zero-order valence-corrected chi connectivity index (χ0v) is 19.7. The molecule has 1 aliphatic carbocycles. The van der Waals surface area contributed by atoms with Crippen LogP contribution in [-0.2, 0) is 9.53 Å². The van der Waals surface area contributed by atoms with Crippen LogP contribution in [0.4, 0.5) is 10.5 Å². The number of carboxylic acid groups (broad SMARTS) is 1. The number of hydrogen-bond donors (Lipinski definition) is 3. The molecule has 1 atom stereocenters. The van der Waals surface area contributed by atoms with Crippen LogP contribution in [0, 0.1) is 6.92 Å². The first-order chi connectivity index (χ1) is 16.9. The second-order valence-corrected chi connectivity index (χ2v) is 8.68. The van der Waals surface area contributed by atoms with Gasteiger partial charge in [-0.25, -0.2) is 4.79 Å². The van der Waals surface area contributed by atoms with Crippen molar-refractivity contribution in [2.75, 3.05) is 11.9 Å². The second kappa shape index (κ2) is 10.4. The summed E-state index contributed by atoms with van der Waals surface area (Å²) in [6.07, 6.45) is -0.371. The molecule has 0 radical (unpaired) electrons. The number of rotatable bonds is 8. The van der Waals surface area contributed by atoms with E-state index in [4.69, 9.17) is 9.84 Å². The fraction of sp³-hybridized carbons (Fsp3) is 0.250. The summed E-state index contributed by atoms with van der Waals surface area (Å²) in [6.45, 7) is 3.80. The number of fused-ring (bicyclic) bond motifs is 3. The van der Waals surface area contributed by atoms with E-state index in [1.54, 1.807) is 25.1 Å². The van der Waals surface area contributed by atoms with E-state index in [2.05, 4.69) is 22.8 Å². The molecule has 3 aromatic rings. The van der Waals surface area contributed by atoms with Crippen molar-refractivity contribution in [1.82, 2.24) is 5.32 Å². The first-order valence-electron chi connectivity index (χ1n) is 11.6. The maximum Gasteiger partial charge on any atom is 0.411 e. The molecule has 1 aliphatic rings. The Kier molecular flexibility index (Phi) is 7.15. The molecule has 2 amide bonds. The summed E-state index contributed by atoms with van der Waals surface area (Å²) in [7, 11) is 0. The lowest BCUT2D eigenvalue weighted by Gasteiger charge is -2.18. The molecule has 35 heavy (non-hydrogen) atoms. The van der Waals surface area contributed by atoms with Crippen LogP contribution in [-0.4, -0.2) is 35.7 Å². The van der Waals surface area contributed by atoms with E-state index in [-0.39, 0.29) is 24.5 Å². The molecule has 180 valence electrons. The highest BCUT2D eigenvalue weighted by Gasteiger charge is 2.29. The summed E-state index contributed by atoms with van der Waals surface area (Å²) in [4.78, 5) is 36.7. The lowest BCUT2D eigenvalue weighted by Crippen LogP contribution is -2.36. The summed E-state index contributed by atoms with van der Waals surface area (Å²) in [5, 5.41) is 14.5. The summed E-state index contributed by atoms with van der Waals surface area (Å²) < 4.78 is 5.60. The van der Waals surface area contributed by atoms with Crippen molar-refractivity contribution in [3.8, 4) is 11.1 Å². The zero-order chi connectivity index (χ0) is 24.9. The molecule has 7 nitrogen and oxygen atoms in total. The predicted octanol–water partition coefficient (Wildman–Crippen LogP) is 5.34. The first-order valence-corrected chi connectivity index (χ1v) is 11.6. The van der Waals surface area contributed by atoms with Crippen molar-refractivity contribution in [3.63, 3.8) is 0 Å². The normalized spacial score (nSPS) is 12.9. The summed E-state index contributed by atoms with van der Waals surface area (Å²) >= 11 is 0. The van der Waals surface area contributed by atoms with Gasteiger partial charge >= 0.3 is 12.1 Å². The van der Waals surface area contributed by atoms with Gasteiger partial charge in [-0.05, 0) is 47.7 Å². The molecular formula is C28H28N2O5. The fourth-order valence-corrected chi connectivity index (χ4v) is 4.47. The summed E-state index contributed by atoms with van der Waals surface area (Å²) in [5.74, 6) is -1.51. The van der Waals surface area contributed by atoms with Gasteiger partial charge in [0.05, 0.1) is 17.7 Å². The monoisotopic (exact) mass is 472 g/mol. The molecule has 3 N–H and O–H groups in total. The number of aliphatic carboxylic acids is 1. The van der Waals surface area contributed by atoms with E-state index >= 15 is 0 Å². The van der Waals surface area contributed by atoms with Crippen LogP contribution in [0.5, 0.6) is 0 Å². The molecule has 0 saturated heterocycles. The Labute approximate surface area is 204 Å². The smallest absolute Gasteiger partial charge is 0.411 e. The van der Waals surface area contributed by atoms with E-state index in [9.17, 15) is 14.4 Å². The van der Waals surface area contributed by atoms with Crippen molar-refractivity contribution in [2.24, 2.45) is 0 Å². The number of anilines is 1. The molecule has 0 fully saturated rings. The minimum Gasteiger partial charge on any atom is -0.481 e. The van der Waals surface area contributed by atoms with Gasteiger partial charge < -0.3 is 15.2 Å². The molecule has 7 heteroatoms. The van der Waals surface area contributed by atoms with Gasteiger partial charge in [-0.1, -0.05) is 67.1 Å². The minimum atomic E-state index is -0.988. The third kappa shape index (κ3) is 5.35. The fourth-order valence-electron chi connectivity index (χ4n) is 4.47. The van der Waals surface area contributed by atoms with Crippen molar-refractivity contribution in [2.45, 2.75) is 38.6 Å². The van der Waals surface area contributed by atoms with Gasteiger partial charge in [0, 0.05) is 12.0 Å². The number of ether oxygens (including phenoxy) is 1. The van der Waals surface area contributed by atoms with Crippen molar-refractivity contribution in [1.29, 1.82) is 0 Å². The topological polar surface area (TPSA) is 105 Å². The zero-order valence-electron chi connectivity index (χ0n) is 19.7. The molecule has 0 bridgehead atoms. The summed E-state index contributed by atoms with van der Waals surface area (Å²) in [5.41, 5.74) is 5.89. The van der Waals surface area contributed by atoms with Crippen LogP contribution in [0.2, 0.25) is 0 Å². The van der Waals surface area contributed by atoms with Gasteiger partial charge in [-0.3, -0.25) is 14.9 Å². The van der Waals surface area contributed by atoms with Crippen LogP contribution >= 0.6 is 0 Å². The van der Waals surface area contributed by atoms with Crippen molar-refractivity contribution >= 4 is 23.7 Å². The average Bonchev–Trinajstić information content (AvgIpc) is 3.16. The molecule has 0 unspecified atom stereocenters. The Morgan fingerprint density at radius 3 is 2.20 bits per heavy atom. The molecule has 0 heterocycles. The van der Waals surface area contributed by atoms with Crippen LogP contribution < -0.4 is 10.6 Å². The van der Waals surface area contributed by atoms with Gasteiger partial charge in [0.1, 0.15) is 6.61 Å². The molecule has 0 spiro atoms. The van der Waals surface area contributed by atoms with Crippen LogP contribution in [0.25, 0.3) is 11.1 Å². The Bertz CT molecular complexity index is 1220. The maximum atomic E-state index is 12.9. The number of amides is 2. The second-order valence-electron chi connectivity index (χ2n) is 8.68. The Morgan fingerprint density at radius 2 is 1.60 bits per heavy atom. The predicted molar refractivity (Wildman–Crippen MR) is 134 cm³/mol. The van der Waals surface area contributed by atoms with Crippen LogP contribution in [0.1, 0.15) is 52.7 Å².